The number of ether oxygens (including phenoxy) is 1. The lowest BCUT2D eigenvalue weighted by Crippen LogP contribution is -2.24. The number of nitrogens with one attached hydrogen (secondary N) is 2. The van der Waals surface area contributed by atoms with Gasteiger partial charge in [0.15, 0.2) is 5.11 Å². The fourth-order valence-electron chi connectivity index (χ4n) is 0.881. The summed E-state index contributed by atoms with van der Waals surface area (Å²) in [6.07, 6.45) is 1.68. The molecule has 0 aliphatic heterocycles. The van der Waals surface area contributed by atoms with Gasteiger partial charge in [0.1, 0.15) is 0 Å². The summed E-state index contributed by atoms with van der Waals surface area (Å²) in [5.74, 6) is 0.619. The SMILES string of the molecule is CCOc1ccc(NC(=S)NC)cn1. The molecule has 0 bridgehead atoms. The van der Waals surface area contributed by atoms with Crippen molar-refractivity contribution in [3.05, 3.63) is 18.3 Å². The van der Waals surface area contributed by atoms with Crippen LogP contribution in [0.1, 0.15) is 6.92 Å². The van der Waals surface area contributed by atoms with Crippen LogP contribution in [0.3, 0.4) is 0 Å². The average Bonchev–Trinajstić information content (AvgIpc) is 2.21. The van der Waals surface area contributed by atoms with E-state index in [9.17, 15) is 0 Å². The van der Waals surface area contributed by atoms with Gasteiger partial charge in [0.05, 0.1) is 18.5 Å². The molecule has 1 heterocycles. The molecule has 0 atom stereocenters. The normalized spacial score (nSPS) is 9.29. The van der Waals surface area contributed by atoms with E-state index in [0.717, 1.165) is 5.69 Å². The van der Waals surface area contributed by atoms with E-state index in [0.29, 0.717) is 17.6 Å². The number of rotatable bonds is 3. The van der Waals surface area contributed by atoms with E-state index in [-0.39, 0.29) is 0 Å². The Morgan fingerprint density at radius 2 is 2.36 bits per heavy atom. The first-order valence-electron chi connectivity index (χ1n) is 4.34. The van der Waals surface area contributed by atoms with Crippen LogP contribution in [0, 0.1) is 0 Å². The number of pyridine rings is 1. The third kappa shape index (κ3) is 3.18. The Bertz CT molecular complexity index is 299. The van der Waals surface area contributed by atoms with Crippen molar-refractivity contribution in [2.75, 3.05) is 19.0 Å². The highest BCUT2D eigenvalue weighted by molar-refractivity contribution is 7.80. The Labute approximate surface area is 88.7 Å². The number of nitrogens with zero attached hydrogens (tertiary/aromatic N) is 1. The summed E-state index contributed by atoms with van der Waals surface area (Å²) in [4.78, 5) is 4.08. The predicted octanol–water partition coefficient (Wildman–Crippen LogP) is 1.40. The zero-order valence-electron chi connectivity index (χ0n) is 8.20. The molecule has 0 amide bonds. The van der Waals surface area contributed by atoms with Crippen molar-refractivity contribution >= 4 is 23.0 Å². The number of thiocarbonyl (C=S) groups is 1. The maximum Gasteiger partial charge on any atom is 0.213 e. The fraction of sp³-hybridized carbons (Fsp3) is 0.333. The molecule has 0 fully saturated rings. The summed E-state index contributed by atoms with van der Waals surface area (Å²) in [5.41, 5.74) is 0.841. The third-order valence-electron chi connectivity index (χ3n) is 1.51. The minimum absolute atomic E-state index is 0.566. The molecule has 0 aliphatic rings. The van der Waals surface area contributed by atoms with Gasteiger partial charge in [-0.15, -0.1) is 0 Å². The predicted molar refractivity (Wildman–Crippen MR) is 60.7 cm³/mol. The van der Waals surface area contributed by atoms with Crippen molar-refractivity contribution < 1.29 is 4.74 Å². The molecule has 0 saturated carbocycles. The lowest BCUT2D eigenvalue weighted by molar-refractivity contribution is 0.327. The van der Waals surface area contributed by atoms with Gasteiger partial charge in [-0.3, -0.25) is 0 Å². The molecule has 4 nitrogen and oxygen atoms in total. The Balaban J connectivity index is 2.59. The topological polar surface area (TPSA) is 46.2 Å². The Kier molecular flexibility index (Phi) is 4.12. The molecule has 1 aromatic heterocycles. The molecule has 0 aliphatic carbocycles. The van der Waals surface area contributed by atoms with Crippen molar-refractivity contribution in [2.45, 2.75) is 6.92 Å². The minimum Gasteiger partial charge on any atom is -0.478 e. The number of anilines is 1. The quantitative estimate of drug-likeness (QED) is 0.740. The first-order chi connectivity index (χ1) is 6.76. The minimum atomic E-state index is 0.566. The van der Waals surface area contributed by atoms with Crippen molar-refractivity contribution in [1.29, 1.82) is 0 Å². The summed E-state index contributed by atoms with van der Waals surface area (Å²) in [7, 11) is 1.76. The van der Waals surface area contributed by atoms with Crippen molar-refractivity contribution in [1.82, 2.24) is 10.3 Å². The van der Waals surface area contributed by atoms with E-state index in [4.69, 9.17) is 17.0 Å². The molecule has 2 N–H and O–H groups in total. The van der Waals surface area contributed by atoms with Crippen molar-refractivity contribution in [3.63, 3.8) is 0 Å². The van der Waals surface area contributed by atoms with Crippen molar-refractivity contribution in [3.8, 4) is 5.88 Å². The zero-order chi connectivity index (χ0) is 10.4. The van der Waals surface area contributed by atoms with Crippen LogP contribution in [0.2, 0.25) is 0 Å². The highest BCUT2D eigenvalue weighted by Crippen LogP contribution is 2.10. The second-order valence-electron chi connectivity index (χ2n) is 2.52. The standard InChI is InChI=1S/C9H13N3OS/c1-3-13-8-5-4-7(6-11-8)12-9(14)10-2/h4-6H,3H2,1-2H3,(H2,10,12,14). The van der Waals surface area contributed by atoms with Gasteiger partial charge < -0.3 is 15.4 Å². The highest BCUT2D eigenvalue weighted by Gasteiger charge is 1.96. The summed E-state index contributed by atoms with van der Waals surface area (Å²) < 4.78 is 5.20. The van der Waals surface area contributed by atoms with E-state index in [1.54, 1.807) is 19.3 Å². The average molecular weight is 211 g/mol. The molecule has 0 radical (unpaired) electrons. The largest absolute Gasteiger partial charge is 0.478 e. The van der Waals surface area contributed by atoms with Crippen LogP contribution >= 0.6 is 12.2 Å². The van der Waals surface area contributed by atoms with Crippen LogP contribution in [-0.2, 0) is 0 Å². The van der Waals surface area contributed by atoms with Gasteiger partial charge in [-0.1, -0.05) is 0 Å². The Morgan fingerprint density at radius 3 is 2.86 bits per heavy atom. The van der Waals surface area contributed by atoms with E-state index < -0.39 is 0 Å². The molecule has 76 valence electrons. The molecule has 1 rings (SSSR count). The van der Waals surface area contributed by atoms with Crippen LogP contribution in [0.5, 0.6) is 5.88 Å². The molecule has 1 aromatic rings. The Morgan fingerprint density at radius 1 is 1.57 bits per heavy atom. The number of hydrogen-bond donors (Lipinski definition) is 2. The molecule has 0 saturated heterocycles. The van der Waals surface area contributed by atoms with E-state index >= 15 is 0 Å². The summed E-state index contributed by atoms with van der Waals surface area (Å²) in [6, 6.07) is 3.66. The second-order valence-corrected chi connectivity index (χ2v) is 2.93. The van der Waals surface area contributed by atoms with Crippen LogP contribution in [0.15, 0.2) is 18.3 Å². The lowest BCUT2D eigenvalue weighted by atomic mass is 10.4. The van der Waals surface area contributed by atoms with E-state index in [1.165, 1.54) is 0 Å². The fourth-order valence-corrected chi connectivity index (χ4v) is 0.999. The number of hydrogen-bond acceptors (Lipinski definition) is 3. The number of aromatic nitrogens is 1. The summed E-state index contributed by atoms with van der Waals surface area (Å²) in [5, 5.41) is 6.34. The maximum absolute atomic E-state index is 5.20. The lowest BCUT2D eigenvalue weighted by Gasteiger charge is -2.07. The molecule has 0 aromatic carbocycles. The first-order valence-corrected chi connectivity index (χ1v) is 4.74. The molecule has 0 unspecified atom stereocenters. The van der Waals surface area contributed by atoms with Gasteiger partial charge in [0, 0.05) is 13.1 Å². The van der Waals surface area contributed by atoms with Gasteiger partial charge in [0.25, 0.3) is 0 Å². The molecular formula is C9H13N3OS. The third-order valence-corrected chi connectivity index (χ3v) is 1.82. The smallest absolute Gasteiger partial charge is 0.213 e. The van der Waals surface area contributed by atoms with Crippen LogP contribution in [0.4, 0.5) is 5.69 Å². The summed E-state index contributed by atoms with van der Waals surface area (Å²) >= 11 is 4.94. The molecule has 14 heavy (non-hydrogen) atoms. The van der Waals surface area contributed by atoms with Gasteiger partial charge in [-0.05, 0) is 25.2 Å². The van der Waals surface area contributed by atoms with Crippen LogP contribution in [0.25, 0.3) is 0 Å². The van der Waals surface area contributed by atoms with Crippen LogP contribution < -0.4 is 15.4 Å². The molecule has 5 heteroatoms. The van der Waals surface area contributed by atoms with Crippen molar-refractivity contribution in [2.24, 2.45) is 0 Å². The first kappa shape index (κ1) is 10.7. The van der Waals surface area contributed by atoms with Gasteiger partial charge in [-0.2, -0.15) is 0 Å². The molecular weight excluding hydrogens is 198 g/mol. The zero-order valence-corrected chi connectivity index (χ0v) is 9.02. The van der Waals surface area contributed by atoms with Gasteiger partial charge in [0.2, 0.25) is 5.88 Å². The maximum atomic E-state index is 5.20. The van der Waals surface area contributed by atoms with E-state index in [1.807, 2.05) is 13.0 Å². The van der Waals surface area contributed by atoms with Gasteiger partial charge >= 0.3 is 0 Å². The van der Waals surface area contributed by atoms with Gasteiger partial charge in [-0.25, -0.2) is 4.98 Å². The Hall–Kier alpha value is -1.36. The second kappa shape index (κ2) is 5.39. The molecule has 0 spiro atoms. The van der Waals surface area contributed by atoms with E-state index in [2.05, 4.69) is 15.6 Å². The van der Waals surface area contributed by atoms with Crippen LogP contribution in [-0.4, -0.2) is 23.8 Å². The highest BCUT2D eigenvalue weighted by atomic mass is 32.1. The monoisotopic (exact) mass is 211 g/mol. The summed E-state index contributed by atoms with van der Waals surface area (Å²) in [6.45, 7) is 2.54.